The summed E-state index contributed by atoms with van der Waals surface area (Å²) in [5.41, 5.74) is 2.54. The molecule has 0 spiro atoms. The van der Waals surface area contributed by atoms with Crippen molar-refractivity contribution in [1.82, 2.24) is 14.7 Å². The van der Waals surface area contributed by atoms with Crippen molar-refractivity contribution in [2.75, 3.05) is 13.1 Å². The largest absolute Gasteiger partial charge is 0.297 e. The molecule has 0 N–H and O–H groups in total. The standard InChI is InChI=1S/C17H22FN3/c1-13(14-3-5-17(18)6-4-14)21-9-7-15(8-10-21)16-11-19-20(2)12-16/h3-6,11-13,15H,7-10H2,1-2H3/t13-/m0/s1. The number of aryl methyl sites for hydroxylation is 1. The first-order valence-corrected chi connectivity index (χ1v) is 7.61. The third-order valence-corrected chi connectivity index (χ3v) is 4.63. The molecule has 2 aromatic rings. The maximum absolute atomic E-state index is 13.0. The molecular weight excluding hydrogens is 265 g/mol. The number of rotatable bonds is 3. The first-order valence-electron chi connectivity index (χ1n) is 7.61. The lowest BCUT2D eigenvalue weighted by molar-refractivity contribution is 0.162. The van der Waals surface area contributed by atoms with E-state index in [1.807, 2.05) is 30.1 Å². The summed E-state index contributed by atoms with van der Waals surface area (Å²) in [5, 5.41) is 4.27. The molecule has 0 amide bonds. The second-order valence-corrected chi connectivity index (χ2v) is 5.99. The molecule has 3 nitrogen and oxygen atoms in total. The van der Waals surface area contributed by atoms with E-state index in [1.165, 1.54) is 11.1 Å². The third-order valence-electron chi connectivity index (χ3n) is 4.63. The Morgan fingerprint density at radius 1 is 1.19 bits per heavy atom. The average molecular weight is 287 g/mol. The Bertz CT molecular complexity index is 582. The van der Waals surface area contributed by atoms with Crippen molar-refractivity contribution in [2.45, 2.75) is 31.7 Å². The van der Waals surface area contributed by atoms with E-state index in [0.717, 1.165) is 25.9 Å². The summed E-state index contributed by atoms with van der Waals surface area (Å²) >= 11 is 0. The highest BCUT2D eigenvalue weighted by Gasteiger charge is 2.25. The summed E-state index contributed by atoms with van der Waals surface area (Å²) in [4.78, 5) is 2.49. The molecule has 0 saturated carbocycles. The Hall–Kier alpha value is -1.68. The van der Waals surface area contributed by atoms with Gasteiger partial charge in [0.25, 0.3) is 0 Å². The zero-order valence-corrected chi connectivity index (χ0v) is 12.7. The summed E-state index contributed by atoms with van der Waals surface area (Å²) in [5.74, 6) is 0.455. The van der Waals surface area contributed by atoms with E-state index in [0.29, 0.717) is 12.0 Å². The highest BCUT2D eigenvalue weighted by molar-refractivity contribution is 5.20. The fourth-order valence-corrected chi connectivity index (χ4v) is 3.22. The minimum Gasteiger partial charge on any atom is -0.297 e. The van der Waals surface area contributed by atoms with Crippen molar-refractivity contribution in [1.29, 1.82) is 0 Å². The van der Waals surface area contributed by atoms with E-state index >= 15 is 0 Å². The molecular formula is C17H22FN3. The van der Waals surface area contributed by atoms with Gasteiger partial charge in [-0.05, 0) is 62.0 Å². The fraction of sp³-hybridized carbons (Fsp3) is 0.471. The predicted octanol–water partition coefficient (Wildman–Crippen LogP) is 3.50. The van der Waals surface area contributed by atoms with Gasteiger partial charge in [0, 0.05) is 19.3 Å². The summed E-state index contributed by atoms with van der Waals surface area (Å²) < 4.78 is 14.9. The summed E-state index contributed by atoms with van der Waals surface area (Å²) in [6.07, 6.45) is 6.45. The molecule has 1 aromatic carbocycles. The van der Waals surface area contributed by atoms with Crippen molar-refractivity contribution in [2.24, 2.45) is 7.05 Å². The Labute approximate surface area is 125 Å². The normalized spacial score (nSPS) is 18.8. The van der Waals surface area contributed by atoms with Gasteiger partial charge in [0.1, 0.15) is 5.82 Å². The molecule has 2 heterocycles. The van der Waals surface area contributed by atoms with E-state index in [1.54, 1.807) is 12.1 Å². The maximum Gasteiger partial charge on any atom is 0.123 e. The van der Waals surface area contributed by atoms with Crippen LogP contribution in [0.1, 0.15) is 42.9 Å². The molecule has 1 aromatic heterocycles. The van der Waals surface area contributed by atoms with E-state index < -0.39 is 0 Å². The highest BCUT2D eigenvalue weighted by Crippen LogP contribution is 2.31. The van der Waals surface area contributed by atoms with Crippen LogP contribution >= 0.6 is 0 Å². The third kappa shape index (κ3) is 3.16. The molecule has 21 heavy (non-hydrogen) atoms. The number of aromatic nitrogens is 2. The molecule has 1 atom stereocenters. The monoisotopic (exact) mass is 287 g/mol. The molecule has 0 unspecified atom stereocenters. The van der Waals surface area contributed by atoms with Crippen molar-refractivity contribution < 1.29 is 4.39 Å². The van der Waals surface area contributed by atoms with Crippen LogP contribution in [0.4, 0.5) is 4.39 Å². The molecule has 112 valence electrons. The quantitative estimate of drug-likeness (QED) is 0.861. The maximum atomic E-state index is 13.0. The van der Waals surface area contributed by atoms with Crippen LogP contribution in [-0.4, -0.2) is 27.8 Å². The van der Waals surface area contributed by atoms with Crippen LogP contribution in [0.3, 0.4) is 0 Å². The van der Waals surface area contributed by atoms with Gasteiger partial charge >= 0.3 is 0 Å². The first kappa shape index (κ1) is 14.3. The van der Waals surface area contributed by atoms with Gasteiger partial charge in [-0.25, -0.2) is 4.39 Å². The zero-order chi connectivity index (χ0) is 14.8. The van der Waals surface area contributed by atoms with Crippen molar-refractivity contribution in [3.8, 4) is 0 Å². The van der Waals surface area contributed by atoms with Gasteiger partial charge in [-0.1, -0.05) is 12.1 Å². The molecule has 1 fully saturated rings. The van der Waals surface area contributed by atoms with Gasteiger partial charge in [0.05, 0.1) is 6.20 Å². The molecule has 4 heteroatoms. The zero-order valence-electron chi connectivity index (χ0n) is 12.7. The second-order valence-electron chi connectivity index (χ2n) is 5.99. The van der Waals surface area contributed by atoms with Crippen LogP contribution in [0.15, 0.2) is 36.7 Å². The lowest BCUT2D eigenvalue weighted by Crippen LogP contribution is -2.35. The molecule has 0 radical (unpaired) electrons. The topological polar surface area (TPSA) is 21.1 Å². The van der Waals surface area contributed by atoms with Gasteiger partial charge in [-0.15, -0.1) is 0 Å². The Balaban J connectivity index is 1.61. The van der Waals surface area contributed by atoms with Crippen molar-refractivity contribution in [3.05, 3.63) is 53.6 Å². The number of benzene rings is 1. The summed E-state index contributed by atoms with van der Waals surface area (Å²) in [6.45, 7) is 4.37. The van der Waals surface area contributed by atoms with Crippen LogP contribution in [0.5, 0.6) is 0 Å². The number of halogens is 1. The van der Waals surface area contributed by atoms with Gasteiger partial charge < -0.3 is 0 Å². The fourth-order valence-electron chi connectivity index (χ4n) is 3.22. The molecule has 3 rings (SSSR count). The Morgan fingerprint density at radius 2 is 1.86 bits per heavy atom. The van der Waals surface area contributed by atoms with Gasteiger partial charge in [-0.3, -0.25) is 9.58 Å². The van der Waals surface area contributed by atoms with Gasteiger partial charge in [0.2, 0.25) is 0 Å². The van der Waals surface area contributed by atoms with Crippen LogP contribution in [-0.2, 0) is 7.05 Å². The lowest BCUT2D eigenvalue weighted by Gasteiger charge is -2.36. The number of nitrogens with zero attached hydrogens (tertiary/aromatic N) is 3. The molecule has 1 saturated heterocycles. The second kappa shape index (κ2) is 5.98. The number of hydrogen-bond donors (Lipinski definition) is 0. The summed E-state index contributed by atoms with van der Waals surface area (Å²) in [7, 11) is 1.97. The number of piperidine rings is 1. The smallest absolute Gasteiger partial charge is 0.123 e. The van der Waals surface area contributed by atoms with E-state index in [-0.39, 0.29) is 5.82 Å². The minimum absolute atomic E-state index is 0.166. The first-order chi connectivity index (χ1) is 10.1. The Morgan fingerprint density at radius 3 is 2.43 bits per heavy atom. The van der Waals surface area contributed by atoms with E-state index in [2.05, 4.69) is 23.1 Å². The average Bonchev–Trinajstić information content (AvgIpc) is 2.94. The lowest BCUT2D eigenvalue weighted by atomic mass is 9.90. The number of hydrogen-bond acceptors (Lipinski definition) is 2. The minimum atomic E-state index is -0.166. The predicted molar refractivity (Wildman–Crippen MR) is 81.6 cm³/mol. The summed E-state index contributed by atoms with van der Waals surface area (Å²) in [6, 6.07) is 7.24. The van der Waals surface area contributed by atoms with Crippen molar-refractivity contribution in [3.63, 3.8) is 0 Å². The molecule has 0 bridgehead atoms. The van der Waals surface area contributed by atoms with Crippen LogP contribution < -0.4 is 0 Å². The Kier molecular flexibility index (Phi) is 4.06. The highest BCUT2D eigenvalue weighted by atomic mass is 19.1. The number of likely N-dealkylation sites (tertiary alicyclic amines) is 1. The van der Waals surface area contributed by atoms with Crippen molar-refractivity contribution >= 4 is 0 Å². The van der Waals surface area contributed by atoms with Crippen LogP contribution in [0, 0.1) is 5.82 Å². The van der Waals surface area contributed by atoms with E-state index in [4.69, 9.17) is 0 Å². The molecule has 1 aliphatic heterocycles. The van der Waals surface area contributed by atoms with Gasteiger partial charge in [-0.2, -0.15) is 5.10 Å². The van der Waals surface area contributed by atoms with Crippen LogP contribution in [0.2, 0.25) is 0 Å². The van der Waals surface area contributed by atoms with Gasteiger partial charge in [0.15, 0.2) is 0 Å². The molecule has 0 aliphatic carbocycles. The molecule has 1 aliphatic rings. The van der Waals surface area contributed by atoms with Crippen LogP contribution in [0.25, 0.3) is 0 Å². The van der Waals surface area contributed by atoms with E-state index in [9.17, 15) is 4.39 Å². The SMILES string of the molecule is C[C@@H](c1ccc(F)cc1)N1CCC(c2cnn(C)c2)CC1.